The number of hydrogen-bond acceptors (Lipinski definition) is 4. The summed E-state index contributed by atoms with van der Waals surface area (Å²) in [6.45, 7) is 0. The molecule has 1 aromatic carbocycles. The second-order valence-electron chi connectivity index (χ2n) is 2.72. The number of nitrogens with two attached hydrogens (primary N) is 1. The zero-order valence-corrected chi connectivity index (χ0v) is 10.6. The molecule has 0 aliphatic rings. The van der Waals surface area contributed by atoms with Gasteiger partial charge in [0.05, 0.1) is 16.3 Å². The van der Waals surface area contributed by atoms with Crippen molar-refractivity contribution >= 4 is 46.3 Å². The monoisotopic (exact) mass is 277 g/mol. The molecule has 3 N–H and O–H groups in total. The minimum atomic E-state index is -0.146. The van der Waals surface area contributed by atoms with Crippen LogP contribution >= 0.6 is 35.0 Å². The van der Waals surface area contributed by atoms with Gasteiger partial charge in [-0.2, -0.15) is 5.10 Å². The highest BCUT2D eigenvalue weighted by atomic mass is 35.5. The van der Waals surface area contributed by atoms with Gasteiger partial charge in [-0.05, 0) is 24.0 Å². The van der Waals surface area contributed by atoms with E-state index in [9.17, 15) is 5.11 Å². The molecule has 0 saturated heterocycles. The van der Waals surface area contributed by atoms with E-state index in [2.05, 4.69) is 10.2 Å². The minimum Gasteiger partial charge on any atom is -0.505 e. The largest absolute Gasteiger partial charge is 0.505 e. The number of rotatable bonds is 2. The number of phenolic OH excluding ortho intramolecular Hbond substituents is 1. The van der Waals surface area contributed by atoms with E-state index < -0.39 is 0 Å². The molecule has 0 aliphatic heterocycles. The normalized spacial score (nSPS) is 12.3. The van der Waals surface area contributed by atoms with Crippen LogP contribution in [0.1, 0.15) is 5.56 Å². The summed E-state index contributed by atoms with van der Waals surface area (Å²) >= 11 is 12.7. The number of aromatic hydroxyl groups is 1. The summed E-state index contributed by atoms with van der Waals surface area (Å²) in [5.74, 6) is -0.146. The fourth-order valence-electron chi connectivity index (χ4n) is 0.853. The molecule has 1 rings (SSSR count). The van der Waals surface area contributed by atoms with Crippen molar-refractivity contribution in [2.24, 2.45) is 15.9 Å². The SMILES string of the molecule is CS/C(N)=N/N=C\c1cc(Cl)c(O)c(Cl)c1. The summed E-state index contributed by atoms with van der Waals surface area (Å²) < 4.78 is 0. The smallest absolute Gasteiger partial charge is 0.180 e. The third kappa shape index (κ3) is 3.59. The van der Waals surface area contributed by atoms with Gasteiger partial charge >= 0.3 is 0 Å². The molecule has 1 aromatic rings. The second-order valence-corrected chi connectivity index (χ2v) is 4.36. The van der Waals surface area contributed by atoms with Crippen LogP contribution in [0.2, 0.25) is 10.0 Å². The van der Waals surface area contributed by atoms with Crippen molar-refractivity contribution in [2.45, 2.75) is 0 Å². The molecule has 86 valence electrons. The van der Waals surface area contributed by atoms with Gasteiger partial charge < -0.3 is 10.8 Å². The van der Waals surface area contributed by atoms with Crippen LogP contribution in [0.5, 0.6) is 5.75 Å². The fraction of sp³-hybridized carbons (Fsp3) is 0.111. The van der Waals surface area contributed by atoms with Gasteiger partial charge in [-0.15, -0.1) is 5.10 Å². The van der Waals surface area contributed by atoms with Crippen LogP contribution in [-0.2, 0) is 0 Å². The van der Waals surface area contributed by atoms with Crippen LogP contribution in [0.15, 0.2) is 22.3 Å². The second kappa shape index (κ2) is 5.98. The van der Waals surface area contributed by atoms with E-state index in [1.807, 2.05) is 0 Å². The zero-order valence-electron chi connectivity index (χ0n) is 8.32. The fourth-order valence-corrected chi connectivity index (χ4v) is 1.49. The molecule has 0 atom stereocenters. The maximum atomic E-state index is 9.32. The van der Waals surface area contributed by atoms with Crippen molar-refractivity contribution in [1.29, 1.82) is 0 Å². The molecule has 16 heavy (non-hydrogen) atoms. The predicted octanol–water partition coefficient (Wildman–Crippen LogP) is 2.71. The van der Waals surface area contributed by atoms with Crippen LogP contribution in [0, 0.1) is 0 Å². The lowest BCUT2D eigenvalue weighted by atomic mass is 10.2. The van der Waals surface area contributed by atoms with Crippen LogP contribution in [0.3, 0.4) is 0 Å². The summed E-state index contributed by atoms with van der Waals surface area (Å²) in [5, 5.41) is 17.4. The average Bonchev–Trinajstić information content (AvgIpc) is 2.25. The van der Waals surface area contributed by atoms with Gasteiger partial charge in [-0.25, -0.2) is 0 Å². The molecule has 0 aromatic heterocycles. The van der Waals surface area contributed by atoms with Gasteiger partial charge in [0.1, 0.15) is 0 Å². The van der Waals surface area contributed by atoms with Gasteiger partial charge in [-0.3, -0.25) is 0 Å². The Balaban J connectivity index is 2.91. The Morgan fingerprint density at radius 3 is 2.50 bits per heavy atom. The summed E-state index contributed by atoms with van der Waals surface area (Å²) in [6.07, 6.45) is 3.24. The molecule has 0 radical (unpaired) electrons. The Kier molecular flexibility index (Phi) is 4.92. The number of amidine groups is 1. The molecular weight excluding hydrogens is 269 g/mol. The van der Waals surface area contributed by atoms with E-state index >= 15 is 0 Å². The van der Waals surface area contributed by atoms with Gasteiger partial charge in [0.15, 0.2) is 10.9 Å². The third-order valence-corrected chi connectivity index (χ3v) is 2.69. The quantitative estimate of drug-likeness (QED) is 0.496. The average molecular weight is 278 g/mol. The zero-order chi connectivity index (χ0) is 12.1. The number of hydrogen-bond donors (Lipinski definition) is 2. The molecule has 0 amide bonds. The molecule has 0 saturated carbocycles. The first-order valence-corrected chi connectivity index (χ1v) is 6.11. The highest BCUT2D eigenvalue weighted by Gasteiger charge is 2.04. The number of benzene rings is 1. The van der Waals surface area contributed by atoms with Crippen molar-refractivity contribution in [2.75, 3.05) is 6.26 Å². The maximum Gasteiger partial charge on any atom is 0.180 e. The van der Waals surface area contributed by atoms with Crippen molar-refractivity contribution in [3.05, 3.63) is 27.7 Å². The van der Waals surface area contributed by atoms with Crippen molar-refractivity contribution in [3.8, 4) is 5.75 Å². The molecule has 4 nitrogen and oxygen atoms in total. The molecule has 0 spiro atoms. The van der Waals surface area contributed by atoms with Crippen molar-refractivity contribution in [1.82, 2.24) is 0 Å². The highest BCUT2D eigenvalue weighted by molar-refractivity contribution is 8.13. The molecule has 0 aliphatic carbocycles. The van der Waals surface area contributed by atoms with Crippen molar-refractivity contribution < 1.29 is 5.11 Å². The molecule has 0 fully saturated rings. The Bertz CT molecular complexity index is 425. The van der Waals surface area contributed by atoms with E-state index in [0.717, 1.165) is 0 Å². The minimum absolute atomic E-state index is 0.146. The Hall–Kier alpha value is -0.910. The van der Waals surface area contributed by atoms with Gasteiger partial charge in [0, 0.05) is 0 Å². The molecule has 7 heteroatoms. The molecule has 0 heterocycles. The highest BCUT2D eigenvalue weighted by Crippen LogP contribution is 2.32. The van der Waals surface area contributed by atoms with E-state index in [-0.39, 0.29) is 15.8 Å². The Morgan fingerprint density at radius 1 is 1.44 bits per heavy atom. The Labute approximate surface area is 107 Å². The number of phenols is 1. The first-order valence-electron chi connectivity index (χ1n) is 4.13. The maximum absolute atomic E-state index is 9.32. The van der Waals surface area contributed by atoms with Crippen LogP contribution in [0.25, 0.3) is 0 Å². The lowest BCUT2D eigenvalue weighted by Crippen LogP contribution is -2.03. The van der Waals surface area contributed by atoms with E-state index in [1.54, 1.807) is 6.26 Å². The molecule has 0 unspecified atom stereocenters. The van der Waals surface area contributed by atoms with Crippen molar-refractivity contribution in [3.63, 3.8) is 0 Å². The van der Waals surface area contributed by atoms with Crippen LogP contribution < -0.4 is 5.73 Å². The summed E-state index contributed by atoms with van der Waals surface area (Å²) in [6, 6.07) is 3.05. The topological polar surface area (TPSA) is 71.0 Å². The Morgan fingerprint density at radius 2 is 2.00 bits per heavy atom. The van der Waals surface area contributed by atoms with E-state index in [1.165, 1.54) is 30.1 Å². The molecular formula is C9H9Cl2N3OS. The lowest BCUT2D eigenvalue weighted by molar-refractivity contribution is 0.476. The summed E-state index contributed by atoms with van der Waals surface area (Å²) in [4.78, 5) is 0. The van der Waals surface area contributed by atoms with Crippen LogP contribution in [0.4, 0.5) is 0 Å². The summed E-state index contributed by atoms with van der Waals surface area (Å²) in [7, 11) is 0. The lowest BCUT2D eigenvalue weighted by Gasteiger charge is -2.00. The predicted molar refractivity (Wildman–Crippen MR) is 70.9 cm³/mol. The first kappa shape index (κ1) is 13.2. The first-order chi connectivity index (χ1) is 7.54. The van der Waals surface area contributed by atoms with E-state index in [0.29, 0.717) is 10.7 Å². The van der Waals surface area contributed by atoms with Gasteiger partial charge in [-0.1, -0.05) is 35.0 Å². The molecule has 0 bridgehead atoms. The standard InChI is InChI=1S/C9H9Cl2N3OS/c1-16-9(12)14-13-4-5-2-6(10)8(15)7(11)3-5/h2-4,15H,1H3,(H2,12,14)/b13-4-. The van der Waals surface area contributed by atoms with Gasteiger partial charge in [0.25, 0.3) is 0 Å². The summed E-state index contributed by atoms with van der Waals surface area (Å²) in [5.41, 5.74) is 6.06. The van der Waals surface area contributed by atoms with Gasteiger partial charge in [0.2, 0.25) is 0 Å². The van der Waals surface area contributed by atoms with Crippen LogP contribution in [-0.4, -0.2) is 22.7 Å². The third-order valence-electron chi connectivity index (χ3n) is 1.61. The number of thioether (sulfide) groups is 1. The number of halogens is 2. The van der Waals surface area contributed by atoms with E-state index in [4.69, 9.17) is 28.9 Å². The number of nitrogens with zero attached hydrogens (tertiary/aromatic N) is 2.